The average Bonchev–Trinajstić information content (AvgIpc) is 3.16. The summed E-state index contributed by atoms with van der Waals surface area (Å²) in [5, 5.41) is 2.42. The molecule has 3 nitrogen and oxygen atoms in total. The lowest BCUT2D eigenvalue weighted by atomic mass is 9.92. The molecule has 0 aromatic heterocycles. The number of benzene rings is 7. The number of hydrogen-bond donors (Lipinski definition) is 0. The van der Waals surface area contributed by atoms with Crippen LogP contribution in [-0.2, 0) is 6.42 Å². The molecule has 0 saturated carbocycles. The number of carbonyl (C=O) groups excluding carboxylic acids is 1. The summed E-state index contributed by atoms with van der Waals surface area (Å²) in [4.78, 5) is 15.4. The molecule has 0 fully saturated rings. The van der Waals surface area contributed by atoms with Crippen LogP contribution in [0.25, 0.3) is 33.0 Å². The van der Waals surface area contributed by atoms with Gasteiger partial charge in [0.25, 0.3) is 0 Å². The van der Waals surface area contributed by atoms with Gasteiger partial charge in [-0.15, -0.1) is 0 Å². The molecule has 0 aliphatic heterocycles. The Morgan fingerprint density at radius 2 is 1.18 bits per heavy atom. The van der Waals surface area contributed by atoms with Crippen molar-refractivity contribution in [3.8, 4) is 28.0 Å². The molecule has 246 valence electrons. The topological polar surface area (TPSA) is 29.5 Å². The summed E-state index contributed by atoms with van der Waals surface area (Å²) in [6, 6.07) is 54.4. The second-order valence-corrected chi connectivity index (χ2v) is 13.2. The first kappa shape index (κ1) is 32.6. The monoisotopic (exact) mass is 651 g/mol. The predicted molar refractivity (Wildman–Crippen MR) is 209 cm³/mol. The van der Waals surface area contributed by atoms with Gasteiger partial charge in [0.2, 0.25) is 0 Å². The fourth-order valence-electron chi connectivity index (χ4n) is 6.46. The number of esters is 1. The summed E-state index contributed by atoms with van der Waals surface area (Å²) in [6.45, 7) is 8.71. The molecule has 0 amide bonds. The van der Waals surface area contributed by atoms with Gasteiger partial charge >= 0.3 is 5.97 Å². The highest BCUT2D eigenvalue weighted by molar-refractivity contribution is 5.92. The van der Waals surface area contributed by atoms with Crippen LogP contribution in [0.3, 0.4) is 0 Å². The predicted octanol–water partition coefficient (Wildman–Crippen LogP) is 12.9. The zero-order chi connectivity index (χ0) is 34.6. The molecule has 0 aliphatic carbocycles. The van der Waals surface area contributed by atoms with Gasteiger partial charge in [-0.2, -0.15) is 0 Å². The lowest BCUT2D eigenvalue weighted by Crippen LogP contribution is -2.10. The normalized spacial score (nSPS) is 11.1. The van der Waals surface area contributed by atoms with Gasteiger partial charge in [0.15, 0.2) is 0 Å². The van der Waals surface area contributed by atoms with Gasteiger partial charge in [0.05, 0.1) is 5.56 Å². The van der Waals surface area contributed by atoms with Crippen molar-refractivity contribution in [1.29, 1.82) is 0 Å². The number of carbonyl (C=O) groups is 1. The average molecular weight is 652 g/mol. The smallest absolute Gasteiger partial charge is 0.343 e. The molecule has 7 rings (SSSR count). The number of aryl methyl sites for hydroxylation is 2. The zero-order valence-electron chi connectivity index (χ0n) is 29.1. The molecule has 0 aliphatic rings. The van der Waals surface area contributed by atoms with E-state index in [4.69, 9.17) is 4.74 Å². The van der Waals surface area contributed by atoms with Gasteiger partial charge in [-0.3, -0.25) is 0 Å². The molecular weight excluding hydrogens is 611 g/mol. The molecule has 0 heterocycles. The summed E-state index contributed by atoms with van der Waals surface area (Å²) >= 11 is 0. The van der Waals surface area contributed by atoms with Crippen LogP contribution in [0.1, 0.15) is 53.7 Å². The Bertz CT molecular complexity index is 2250. The first-order valence-electron chi connectivity index (χ1n) is 17.4. The van der Waals surface area contributed by atoms with Crippen LogP contribution in [0.15, 0.2) is 158 Å². The molecular formula is C47H41NO2. The Balaban J connectivity index is 1.07. The van der Waals surface area contributed by atoms with Crippen molar-refractivity contribution in [2.45, 2.75) is 40.0 Å². The van der Waals surface area contributed by atoms with Crippen molar-refractivity contribution in [3.63, 3.8) is 0 Å². The highest BCUT2D eigenvalue weighted by atomic mass is 16.5. The Labute approximate surface area is 295 Å². The van der Waals surface area contributed by atoms with E-state index in [2.05, 4.69) is 142 Å². The molecule has 0 bridgehead atoms. The van der Waals surface area contributed by atoms with Crippen LogP contribution < -0.4 is 9.64 Å². The first-order valence-corrected chi connectivity index (χ1v) is 17.4. The molecule has 0 atom stereocenters. The van der Waals surface area contributed by atoms with E-state index in [0.29, 0.717) is 17.2 Å². The number of nitrogens with zero attached hydrogens (tertiary/aromatic N) is 1. The van der Waals surface area contributed by atoms with E-state index in [-0.39, 0.29) is 5.97 Å². The second kappa shape index (κ2) is 14.3. The summed E-state index contributed by atoms with van der Waals surface area (Å²) in [5.74, 6) is 0.613. The van der Waals surface area contributed by atoms with Crippen molar-refractivity contribution in [1.82, 2.24) is 0 Å². The molecule has 0 saturated heterocycles. The first-order chi connectivity index (χ1) is 24.4. The van der Waals surface area contributed by atoms with Crippen molar-refractivity contribution in [3.05, 3.63) is 180 Å². The minimum Gasteiger partial charge on any atom is -0.423 e. The molecule has 50 heavy (non-hydrogen) atoms. The van der Waals surface area contributed by atoms with Crippen LogP contribution >= 0.6 is 0 Å². The van der Waals surface area contributed by atoms with Crippen molar-refractivity contribution >= 4 is 33.8 Å². The van der Waals surface area contributed by atoms with Crippen LogP contribution in [0.4, 0.5) is 17.1 Å². The van der Waals surface area contributed by atoms with Crippen LogP contribution in [-0.4, -0.2) is 5.97 Å². The Morgan fingerprint density at radius 3 is 1.82 bits per heavy atom. The summed E-state index contributed by atoms with van der Waals surface area (Å²) in [6.07, 6.45) is 0.960. The van der Waals surface area contributed by atoms with Gasteiger partial charge in [-0.25, -0.2) is 4.79 Å². The number of fused-ring (bicyclic) bond motifs is 1. The van der Waals surface area contributed by atoms with Crippen molar-refractivity contribution in [2.24, 2.45) is 0 Å². The Hall–Kier alpha value is -5.93. The maximum absolute atomic E-state index is 13.1. The minimum absolute atomic E-state index is 0.375. The van der Waals surface area contributed by atoms with Gasteiger partial charge < -0.3 is 9.64 Å². The minimum atomic E-state index is -0.375. The fraction of sp³-hybridized carbons (Fsp3) is 0.128. The van der Waals surface area contributed by atoms with Crippen molar-refractivity contribution < 1.29 is 9.53 Å². The third kappa shape index (κ3) is 6.95. The van der Waals surface area contributed by atoms with Gasteiger partial charge in [0.1, 0.15) is 5.75 Å². The van der Waals surface area contributed by atoms with Gasteiger partial charge in [0, 0.05) is 17.1 Å². The third-order valence-electron chi connectivity index (χ3n) is 9.42. The van der Waals surface area contributed by atoms with Gasteiger partial charge in [-0.1, -0.05) is 123 Å². The maximum atomic E-state index is 13.1. The summed E-state index contributed by atoms with van der Waals surface area (Å²) in [5.41, 5.74) is 12.1. The van der Waals surface area contributed by atoms with Gasteiger partial charge in [-0.05, 0) is 124 Å². The molecule has 0 N–H and O–H groups in total. The summed E-state index contributed by atoms with van der Waals surface area (Å²) < 4.78 is 5.77. The van der Waals surface area contributed by atoms with E-state index in [0.717, 1.165) is 40.2 Å². The summed E-state index contributed by atoms with van der Waals surface area (Å²) in [7, 11) is 0. The van der Waals surface area contributed by atoms with E-state index in [1.54, 1.807) is 0 Å². The Morgan fingerprint density at radius 1 is 0.600 bits per heavy atom. The van der Waals surface area contributed by atoms with E-state index in [9.17, 15) is 4.79 Å². The second-order valence-electron chi connectivity index (χ2n) is 13.2. The van der Waals surface area contributed by atoms with Crippen LogP contribution in [0.5, 0.6) is 5.75 Å². The maximum Gasteiger partial charge on any atom is 0.343 e. The largest absolute Gasteiger partial charge is 0.423 e. The number of anilines is 3. The molecule has 0 spiro atoms. The molecule has 7 aromatic rings. The van der Waals surface area contributed by atoms with E-state index in [1.165, 1.54) is 33.0 Å². The molecule has 7 aromatic carbocycles. The molecule has 0 radical (unpaired) electrons. The number of ether oxygens (including phenoxy) is 1. The molecule has 0 unspecified atom stereocenters. The SMILES string of the molecule is CCc1ccc(C(C)C)cc1-c1ccc(OC(=O)c2ccc(-c3ccc(N(c4ccc(C)cc4)c4ccc5ccccc5c4)cc3)cc2)cc1. The van der Waals surface area contributed by atoms with E-state index in [1.807, 2.05) is 48.5 Å². The third-order valence-corrected chi connectivity index (χ3v) is 9.42. The lowest BCUT2D eigenvalue weighted by molar-refractivity contribution is 0.0735. The fourth-order valence-corrected chi connectivity index (χ4v) is 6.46. The standard InChI is InChI=1S/C47H41NO2/c1-5-34-12-17-40(32(2)3)31-46(34)38-21-28-45(29-22-38)50-47(49)39-15-13-36(14-16-39)37-18-25-43(26-19-37)48(42-23-10-33(4)11-24-42)44-27-20-35-8-6-7-9-41(35)30-44/h6-32H,5H2,1-4H3. The lowest BCUT2D eigenvalue weighted by Gasteiger charge is -2.26. The molecule has 3 heteroatoms. The highest BCUT2D eigenvalue weighted by Gasteiger charge is 2.15. The van der Waals surface area contributed by atoms with Crippen LogP contribution in [0, 0.1) is 6.92 Å². The zero-order valence-corrected chi connectivity index (χ0v) is 29.1. The number of rotatable bonds is 9. The Kier molecular flexibility index (Phi) is 9.31. The van der Waals surface area contributed by atoms with Crippen LogP contribution in [0.2, 0.25) is 0 Å². The van der Waals surface area contributed by atoms with E-state index < -0.39 is 0 Å². The van der Waals surface area contributed by atoms with E-state index >= 15 is 0 Å². The highest BCUT2D eigenvalue weighted by Crippen LogP contribution is 2.37. The quantitative estimate of drug-likeness (QED) is 0.115. The van der Waals surface area contributed by atoms with Crippen molar-refractivity contribution in [2.75, 3.05) is 4.90 Å². The number of hydrogen-bond acceptors (Lipinski definition) is 3.